The van der Waals surface area contributed by atoms with Crippen LogP contribution in [0, 0.1) is 17.3 Å². The van der Waals surface area contributed by atoms with Crippen molar-refractivity contribution in [1.29, 1.82) is 0 Å². The second-order valence-electron chi connectivity index (χ2n) is 7.90. The number of hydrogen-bond donors (Lipinski definition) is 0. The van der Waals surface area contributed by atoms with Gasteiger partial charge in [0.15, 0.2) is 0 Å². The summed E-state index contributed by atoms with van der Waals surface area (Å²) < 4.78 is 24.7. The Balaban J connectivity index is 1.96. The van der Waals surface area contributed by atoms with Crippen LogP contribution in [-0.4, -0.2) is 56.0 Å². The molecule has 1 heterocycles. The monoisotopic (exact) mass is 342 g/mol. The van der Waals surface area contributed by atoms with Gasteiger partial charge in [-0.1, -0.05) is 25.5 Å². The normalized spacial score (nSPS) is 27.9. The molecule has 0 bridgehead atoms. The standard InChI is InChI=1S/C17H30N2O3S/c1-12(2)11-14-15(17(14,3)4)16(20)19-9-7-13(8-10-19)18(5)23(6,21)22/h11,13-15H,7-10H2,1-6H3/t14-,15+/m0/s1. The summed E-state index contributed by atoms with van der Waals surface area (Å²) in [6.07, 6.45) is 4.89. The van der Waals surface area contributed by atoms with E-state index in [4.69, 9.17) is 0 Å². The number of carbonyl (C=O) groups excluding carboxylic acids is 1. The van der Waals surface area contributed by atoms with Crippen LogP contribution in [0.1, 0.15) is 40.5 Å². The molecular formula is C17H30N2O3S. The van der Waals surface area contributed by atoms with Crippen molar-refractivity contribution in [3.05, 3.63) is 11.6 Å². The van der Waals surface area contributed by atoms with Crippen LogP contribution in [0.15, 0.2) is 11.6 Å². The highest BCUT2D eigenvalue weighted by Crippen LogP contribution is 2.60. The van der Waals surface area contributed by atoms with Crippen molar-refractivity contribution in [2.75, 3.05) is 26.4 Å². The van der Waals surface area contributed by atoms with Crippen LogP contribution in [0.25, 0.3) is 0 Å². The molecule has 0 spiro atoms. The largest absolute Gasteiger partial charge is 0.342 e. The molecule has 0 radical (unpaired) electrons. The highest BCUT2D eigenvalue weighted by molar-refractivity contribution is 7.88. The second-order valence-corrected chi connectivity index (χ2v) is 9.95. The molecule has 6 heteroatoms. The smallest absolute Gasteiger partial charge is 0.226 e. The predicted molar refractivity (Wildman–Crippen MR) is 92.4 cm³/mol. The fourth-order valence-electron chi connectivity index (χ4n) is 3.74. The number of nitrogens with zero attached hydrogens (tertiary/aromatic N) is 2. The minimum Gasteiger partial charge on any atom is -0.342 e. The fourth-order valence-corrected chi connectivity index (χ4v) is 4.49. The average molecular weight is 343 g/mol. The molecule has 23 heavy (non-hydrogen) atoms. The zero-order chi connectivity index (χ0) is 17.6. The molecule has 2 fully saturated rings. The molecule has 1 saturated carbocycles. The summed E-state index contributed by atoms with van der Waals surface area (Å²) in [5.41, 5.74) is 1.29. The lowest BCUT2D eigenvalue weighted by molar-refractivity contribution is -0.134. The number of amides is 1. The van der Waals surface area contributed by atoms with E-state index in [1.54, 1.807) is 7.05 Å². The molecule has 2 atom stereocenters. The third-order valence-electron chi connectivity index (χ3n) is 5.50. The first-order valence-electron chi connectivity index (χ1n) is 8.33. The van der Waals surface area contributed by atoms with E-state index in [2.05, 4.69) is 33.8 Å². The van der Waals surface area contributed by atoms with E-state index >= 15 is 0 Å². The van der Waals surface area contributed by atoms with E-state index in [1.807, 2.05) is 4.90 Å². The molecule has 1 aliphatic heterocycles. The van der Waals surface area contributed by atoms with Gasteiger partial charge in [0.05, 0.1) is 12.2 Å². The number of rotatable bonds is 4. The predicted octanol–water partition coefficient (Wildman–Crippen LogP) is 2.11. The van der Waals surface area contributed by atoms with Gasteiger partial charge in [0.25, 0.3) is 0 Å². The molecule has 1 saturated heterocycles. The number of allylic oxidation sites excluding steroid dienone is 2. The van der Waals surface area contributed by atoms with E-state index in [0.29, 0.717) is 19.0 Å². The number of piperidine rings is 1. The maximum Gasteiger partial charge on any atom is 0.226 e. The van der Waals surface area contributed by atoms with E-state index in [-0.39, 0.29) is 23.3 Å². The van der Waals surface area contributed by atoms with Crippen LogP contribution in [0.4, 0.5) is 0 Å². The summed E-state index contributed by atoms with van der Waals surface area (Å²) in [5.74, 6) is 0.635. The summed E-state index contributed by atoms with van der Waals surface area (Å²) in [6, 6.07) is 0.00911. The lowest BCUT2D eigenvalue weighted by Crippen LogP contribution is -2.47. The highest BCUT2D eigenvalue weighted by Gasteiger charge is 2.61. The third kappa shape index (κ3) is 3.79. The molecule has 5 nitrogen and oxygen atoms in total. The minimum absolute atomic E-state index is 0.00911. The average Bonchev–Trinajstić information content (AvgIpc) is 2.96. The molecule has 0 aromatic carbocycles. The van der Waals surface area contributed by atoms with Crippen molar-refractivity contribution in [2.24, 2.45) is 17.3 Å². The summed E-state index contributed by atoms with van der Waals surface area (Å²) in [4.78, 5) is 14.7. The van der Waals surface area contributed by atoms with Crippen molar-refractivity contribution in [3.8, 4) is 0 Å². The van der Waals surface area contributed by atoms with E-state index < -0.39 is 10.0 Å². The highest BCUT2D eigenvalue weighted by atomic mass is 32.2. The van der Waals surface area contributed by atoms with Crippen LogP contribution in [0.3, 0.4) is 0 Å². The Kier molecular flexibility index (Phi) is 4.98. The number of hydrogen-bond acceptors (Lipinski definition) is 3. The first-order valence-corrected chi connectivity index (χ1v) is 10.2. The number of sulfonamides is 1. The van der Waals surface area contributed by atoms with Gasteiger partial charge < -0.3 is 4.90 Å². The molecule has 2 aliphatic rings. The van der Waals surface area contributed by atoms with Crippen molar-refractivity contribution < 1.29 is 13.2 Å². The fraction of sp³-hybridized carbons (Fsp3) is 0.824. The second kappa shape index (κ2) is 6.20. The molecule has 132 valence electrons. The first-order chi connectivity index (χ1) is 10.5. The summed E-state index contributed by atoms with van der Waals surface area (Å²) in [5, 5.41) is 0. The molecule has 0 aromatic heterocycles. The quantitative estimate of drug-likeness (QED) is 0.735. The first kappa shape index (κ1) is 18.5. The zero-order valence-electron chi connectivity index (χ0n) is 15.2. The van der Waals surface area contributed by atoms with Crippen LogP contribution in [0.2, 0.25) is 0 Å². The Labute approximate surface area is 140 Å². The van der Waals surface area contributed by atoms with Gasteiger partial charge in [-0.05, 0) is 38.0 Å². The summed E-state index contributed by atoms with van der Waals surface area (Å²) in [7, 11) is -1.53. The Morgan fingerprint density at radius 1 is 1.22 bits per heavy atom. The van der Waals surface area contributed by atoms with E-state index in [9.17, 15) is 13.2 Å². The van der Waals surface area contributed by atoms with Gasteiger partial charge in [-0.15, -0.1) is 0 Å². The summed E-state index contributed by atoms with van der Waals surface area (Å²) in [6.45, 7) is 9.76. The van der Waals surface area contributed by atoms with Crippen LogP contribution < -0.4 is 0 Å². The molecule has 0 aromatic rings. The Bertz CT molecular complexity index is 597. The Hall–Kier alpha value is -0.880. The van der Waals surface area contributed by atoms with Gasteiger partial charge in [0.2, 0.25) is 15.9 Å². The molecule has 0 unspecified atom stereocenters. The molecule has 0 N–H and O–H groups in total. The topological polar surface area (TPSA) is 57.7 Å². The SMILES string of the molecule is CC(C)=C[C@H]1[C@H](C(=O)N2CCC(N(C)S(C)(=O)=O)CC2)C1(C)C. The van der Waals surface area contributed by atoms with Crippen molar-refractivity contribution in [2.45, 2.75) is 46.6 Å². The zero-order valence-corrected chi connectivity index (χ0v) is 16.0. The Morgan fingerprint density at radius 3 is 2.17 bits per heavy atom. The molecular weight excluding hydrogens is 312 g/mol. The van der Waals surface area contributed by atoms with Crippen LogP contribution in [-0.2, 0) is 14.8 Å². The maximum atomic E-state index is 12.8. The van der Waals surface area contributed by atoms with Gasteiger partial charge in [-0.25, -0.2) is 12.7 Å². The van der Waals surface area contributed by atoms with Crippen molar-refractivity contribution >= 4 is 15.9 Å². The maximum absolute atomic E-state index is 12.8. The van der Waals surface area contributed by atoms with Gasteiger partial charge in [0.1, 0.15) is 0 Å². The molecule has 1 aliphatic carbocycles. The number of likely N-dealkylation sites (tertiary alicyclic amines) is 1. The number of carbonyl (C=O) groups is 1. The molecule has 2 rings (SSSR count). The minimum atomic E-state index is -3.16. The van der Waals surface area contributed by atoms with Crippen molar-refractivity contribution in [1.82, 2.24) is 9.21 Å². The van der Waals surface area contributed by atoms with E-state index in [0.717, 1.165) is 12.8 Å². The van der Waals surface area contributed by atoms with E-state index in [1.165, 1.54) is 16.1 Å². The van der Waals surface area contributed by atoms with Gasteiger partial charge in [-0.2, -0.15) is 0 Å². The van der Waals surface area contributed by atoms with Crippen LogP contribution in [0.5, 0.6) is 0 Å². The third-order valence-corrected chi connectivity index (χ3v) is 6.85. The lowest BCUT2D eigenvalue weighted by Gasteiger charge is -2.36. The van der Waals surface area contributed by atoms with Gasteiger partial charge in [-0.3, -0.25) is 4.79 Å². The molecule has 1 amide bonds. The van der Waals surface area contributed by atoms with Gasteiger partial charge in [0, 0.05) is 26.2 Å². The summed E-state index contributed by atoms with van der Waals surface area (Å²) >= 11 is 0. The van der Waals surface area contributed by atoms with Crippen LogP contribution >= 0.6 is 0 Å². The lowest BCUT2D eigenvalue weighted by atomic mass is 10.0. The van der Waals surface area contributed by atoms with Gasteiger partial charge >= 0.3 is 0 Å². The van der Waals surface area contributed by atoms with Crippen molar-refractivity contribution in [3.63, 3.8) is 0 Å². The Morgan fingerprint density at radius 2 is 1.74 bits per heavy atom.